The highest BCUT2D eigenvalue weighted by Crippen LogP contribution is 2.28. The van der Waals surface area contributed by atoms with E-state index in [1.165, 1.54) is 0 Å². The Balaban J connectivity index is 2.21. The van der Waals surface area contributed by atoms with Crippen molar-refractivity contribution in [2.24, 2.45) is 0 Å². The number of halogens is 3. The number of ether oxygens (including phenoxy) is 1. The summed E-state index contributed by atoms with van der Waals surface area (Å²) in [6.45, 7) is -0.358. The Morgan fingerprint density at radius 1 is 1.42 bits per heavy atom. The standard InChI is InChI=1S/C11H6BrF2NO2S2/c12-5-1-8(13)7(9(14)2-5)4-17-10-6(3-16)11(18)19-15-10/h1-3,18H,4H2. The Bertz CT molecular complexity index is 610. The number of hydrogen-bond donors (Lipinski definition) is 1. The number of carbonyl (C=O) groups excluding carboxylic acids is 1. The molecule has 0 spiro atoms. The van der Waals surface area contributed by atoms with E-state index in [4.69, 9.17) is 4.74 Å². The average Bonchev–Trinajstić information content (AvgIpc) is 2.68. The third-order valence-electron chi connectivity index (χ3n) is 2.25. The lowest BCUT2D eigenvalue weighted by molar-refractivity contribution is 0.111. The molecule has 2 rings (SSSR count). The minimum absolute atomic E-state index is 0.0201. The summed E-state index contributed by atoms with van der Waals surface area (Å²) in [5.74, 6) is -1.45. The lowest BCUT2D eigenvalue weighted by Crippen LogP contribution is -2.03. The average molecular weight is 366 g/mol. The maximum absolute atomic E-state index is 13.5. The number of aldehydes is 1. The van der Waals surface area contributed by atoms with Crippen molar-refractivity contribution in [3.05, 3.63) is 39.4 Å². The maximum Gasteiger partial charge on any atom is 0.237 e. The zero-order chi connectivity index (χ0) is 14.0. The molecule has 0 unspecified atom stereocenters. The van der Waals surface area contributed by atoms with Gasteiger partial charge in [0.1, 0.15) is 23.8 Å². The Hall–Kier alpha value is -0.990. The van der Waals surface area contributed by atoms with Crippen molar-refractivity contribution < 1.29 is 18.3 Å². The van der Waals surface area contributed by atoms with Crippen LogP contribution < -0.4 is 4.74 Å². The van der Waals surface area contributed by atoms with Crippen molar-refractivity contribution in [1.29, 1.82) is 0 Å². The molecular formula is C11H6BrF2NO2S2. The van der Waals surface area contributed by atoms with Gasteiger partial charge in [-0.1, -0.05) is 15.9 Å². The molecule has 0 aliphatic carbocycles. The van der Waals surface area contributed by atoms with Gasteiger partial charge in [0.15, 0.2) is 6.29 Å². The minimum Gasteiger partial charge on any atom is -0.471 e. The summed E-state index contributed by atoms with van der Waals surface area (Å²) in [5.41, 5.74) is -0.0555. The summed E-state index contributed by atoms with van der Waals surface area (Å²) in [6.07, 6.45) is 0.537. The van der Waals surface area contributed by atoms with E-state index in [-0.39, 0.29) is 23.6 Å². The number of rotatable bonds is 4. The molecule has 0 saturated heterocycles. The molecular weight excluding hydrogens is 360 g/mol. The van der Waals surface area contributed by atoms with E-state index < -0.39 is 11.6 Å². The summed E-state index contributed by atoms with van der Waals surface area (Å²) in [6, 6.07) is 2.26. The molecule has 0 amide bonds. The fourth-order valence-corrected chi connectivity index (χ4v) is 2.56. The monoisotopic (exact) mass is 365 g/mol. The lowest BCUT2D eigenvalue weighted by Gasteiger charge is -2.07. The first-order valence-corrected chi connectivity index (χ1v) is 6.94. The van der Waals surface area contributed by atoms with Gasteiger partial charge in [0.2, 0.25) is 5.88 Å². The van der Waals surface area contributed by atoms with Gasteiger partial charge >= 0.3 is 0 Å². The fourth-order valence-electron chi connectivity index (χ4n) is 1.33. The molecule has 0 bridgehead atoms. The Kier molecular flexibility index (Phi) is 4.54. The number of hydrogen-bond acceptors (Lipinski definition) is 5. The number of aromatic nitrogens is 1. The van der Waals surface area contributed by atoms with E-state index in [2.05, 4.69) is 32.9 Å². The van der Waals surface area contributed by atoms with E-state index in [0.29, 0.717) is 15.0 Å². The summed E-state index contributed by atoms with van der Waals surface area (Å²) in [4.78, 5) is 10.8. The van der Waals surface area contributed by atoms with Crippen molar-refractivity contribution in [3.8, 4) is 5.88 Å². The zero-order valence-corrected chi connectivity index (χ0v) is 12.5. The maximum atomic E-state index is 13.5. The van der Waals surface area contributed by atoms with Crippen molar-refractivity contribution in [2.75, 3.05) is 0 Å². The molecule has 100 valence electrons. The highest BCUT2D eigenvalue weighted by molar-refractivity contribution is 9.10. The molecule has 2 aromatic rings. The first-order valence-electron chi connectivity index (χ1n) is 4.93. The van der Waals surface area contributed by atoms with Gasteiger partial charge in [0.05, 0.1) is 9.77 Å². The minimum atomic E-state index is -0.735. The van der Waals surface area contributed by atoms with E-state index in [1.807, 2.05) is 0 Å². The van der Waals surface area contributed by atoms with Crippen LogP contribution in [0.4, 0.5) is 8.78 Å². The quantitative estimate of drug-likeness (QED) is 0.660. The molecule has 1 aromatic heterocycles. The van der Waals surface area contributed by atoms with Gasteiger partial charge in [0, 0.05) is 4.47 Å². The second-order valence-electron chi connectivity index (χ2n) is 3.46. The van der Waals surface area contributed by atoms with Crippen LogP contribution in [0.15, 0.2) is 20.8 Å². The third kappa shape index (κ3) is 3.13. The smallest absolute Gasteiger partial charge is 0.237 e. The van der Waals surface area contributed by atoms with E-state index in [1.54, 1.807) is 0 Å². The second kappa shape index (κ2) is 5.98. The van der Waals surface area contributed by atoms with Gasteiger partial charge in [0.25, 0.3) is 0 Å². The SMILES string of the molecule is O=Cc1c(OCc2c(F)cc(Br)cc2F)nsc1S. The van der Waals surface area contributed by atoms with Crippen LogP contribution in [0.2, 0.25) is 0 Å². The number of thiol groups is 1. The molecule has 19 heavy (non-hydrogen) atoms. The van der Waals surface area contributed by atoms with E-state index in [0.717, 1.165) is 23.7 Å². The predicted octanol–water partition coefficient (Wildman–Crippen LogP) is 3.86. The van der Waals surface area contributed by atoms with Gasteiger partial charge < -0.3 is 4.74 Å². The molecule has 3 nitrogen and oxygen atoms in total. The van der Waals surface area contributed by atoms with Crippen molar-refractivity contribution in [1.82, 2.24) is 4.37 Å². The number of carbonyl (C=O) groups is 1. The van der Waals surface area contributed by atoms with Crippen LogP contribution in [-0.4, -0.2) is 10.7 Å². The van der Waals surface area contributed by atoms with Crippen LogP contribution >= 0.6 is 40.1 Å². The molecule has 0 fully saturated rings. The van der Waals surface area contributed by atoms with E-state index >= 15 is 0 Å². The van der Waals surface area contributed by atoms with Crippen LogP contribution in [0, 0.1) is 11.6 Å². The fraction of sp³-hybridized carbons (Fsp3) is 0.0909. The molecule has 1 aromatic carbocycles. The van der Waals surface area contributed by atoms with Gasteiger partial charge in [-0.15, -0.1) is 12.6 Å². The molecule has 0 atom stereocenters. The number of benzene rings is 1. The lowest BCUT2D eigenvalue weighted by atomic mass is 10.2. The van der Waals surface area contributed by atoms with Crippen LogP contribution in [0.1, 0.15) is 15.9 Å². The normalized spacial score (nSPS) is 10.5. The van der Waals surface area contributed by atoms with Crippen LogP contribution in [-0.2, 0) is 6.61 Å². The predicted molar refractivity (Wildman–Crippen MR) is 73.1 cm³/mol. The van der Waals surface area contributed by atoms with Crippen LogP contribution in [0.25, 0.3) is 0 Å². The molecule has 8 heteroatoms. The third-order valence-corrected chi connectivity index (χ3v) is 3.85. The van der Waals surface area contributed by atoms with Gasteiger partial charge in [-0.05, 0) is 23.7 Å². The summed E-state index contributed by atoms with van der Waals surface area (Å²) < 4.78 is 36.8. The molecule has 0 saturated carbocycles. The summed E-state index contributed by atoms with van der Waals surface area (Å²) >= 11 is 7.97. The largest absolute Gasteiger partial charge is 0.471 e. The first kappa shape index (κ1) is 14.4. The van der Waals surface area contributed by atoms with Crippen molar-refractivity contribution >= 4 is 46.4 Å². The van der Waals surface area contributed by atoms with Crippen molar-refractivity contribution in [2.45, 2.75) is 10.8 Å². The van der Waals surface area contributed by atoms with Crippen molar-refractivity contribution in [3.63, 3.8) is 0 Å². The molecule has 1 heterocycles. The van der Waals surface area contributed by atoms with Gasteiger partial charge in [-0.2, -0.15) is 4.37 Å². The van der Waals surface area contributed by atoms with Gasteiger partial charge in [-0.3, -0.25) is 4.79 Å². The highest BCUT2D eigenvalue weighted by atomic mass is 79.9. The molecule has 0 radical (unpaired) electrons. The Labute approximate surface area is 125 Å². The molecule has 0 N–H and O–H groups in total. The Morgan fingerprint density at radius 3 is 2.63 bits per heavy atom. The second-order valence-corrected chi connectivity index (χ2v) is 5.90. The first-order chi connectivity index (χ1) is 9.02. The zero-order valence-electron chi connectivity index (χ0n) is 9.19. The van der Waals surface area contributed by atoms with Crippen LogP contribution in [0.5, 0.6) is 5.88 Å². The van der Waals surface area contributed by atoms with Gasteiger partial charge in [-0.25, -0.2) is 8.78 Å². The number of nitrogens with zero attached hydrogens (tertiary/aromatic N) is 1. The van der Waals surface area contributed by atoms with Crippen LogP contribution in [0.3, 0.4) is 0 Å². The summed E-state index contributed by atoms with van der Waals surface area (Å²) in [7, 11) is 0. The molecule has 0 aliphatic heterocycles. The Morgan fingerprint density at radius 2 is 2.05 bits per heavy atom. The van der Waals surface area contributed by atoms with E-state index in [9.17, 15) is 13.6 Å². The topological polar surface area (TPSA) is 39.2 Å². The summed E-state index contributed by atoms with van der Waals surface area (Å²) in [5, 5.41) is 0. The molecule has 0 aliphatic rings. The highest BCUT2D eigenvalue weighted by Gasteiger charge is 2.15.